The van der Waals surface area contributed by atoms with Crippen LogP contribution in [0.25, 0.3) is 57.7 Å². The van der Waals surface area contributed by atoms with Crippen molar-refractivity contribution < 1.29 is 8.78 Å². The predicted octanol–water partition coefficient (Wildman–Crippen LogP) is 19.0. The van der Waals surface area contributed by atoms with E-state index < -0.39 is 0 Å². The first-order chi connectivity index (χ1) is 37.2. The number of anilines is 6. The second-order valence-electron chi connectivity index (χ2n) is 22.3. The normalized spacial score (nSPS) is 14.7. The van der Waals surface area contributed by atoms with Crippen LogP contribution in [0.3, 0.4) is 0 Å². The van der Waals surface area contributed by atoms with Crippen molar-refractivity contribution in [2.24, 2.45) is 0 Å². The van der Waals surface area contributed by atoms with Gasteiger partial charge in [-0.15, -0.1) is 0 Å². The molecule has 13 rings (SSSR count). The number of aromatic nitrogens is 2. The van der Waals surface area contributed by atoms with E-state index in [-0.39, 0.29) is 27.9 Å². The van der Waals surface area contributed by atoms with E-state index in [9.17, 15) is 8.78 Å². The van der Waals surface area contributed by atoms with E-state index in [4.69, 9.17) is 0 Å². The maximum atomic E-state index is 14.1. The average Bonchev–Trinajstić information content (AvgIpc) is 4.07. The minimum Gasteiger partial charge on any atom is -0.309 e. The Labute approximate surface area is 450 Å². The van der Waals surface area contributed by atoms with E-state index in [2.05, 4.69) is 195 Å². The third kappa shape index (κ3) is 8.10. The van der Waals surface area contributed by atoms with Crippen molar-refractivity contribution in [3.63, 3.8) is 0 Å². The summed E-state index contributed by atoms with van der Waals surface area (Å²) in [6.07, 6.45) is 16.2. The third-order valence-electron chi connectivity index (χ3n) is 16.5. The monoisotopic (exact) mass is 1000 g/mol. The SMILES string of the molecule is CC1(C)c2cc(/C=C/c3ccc4c(c3)C(C)(C)c3cc(N(c5ccc(F)cc5)c5cccnc5)ccc3-4)ccc2-c2ccc(/C=C/c3ccc4c(c3)C(C)(C)c3cc(N(c5ccc(F)cc5)c5cccnc5)ccc3-4)cc21. The second-order valence-corrected chi connectivity index (χ2v) is 22.3. The zero-order valence-corrected chi connectivity index (χ0v) is 44.0. The molecular weight excluding hydrogens is 947 g/mol. The van der Waals surface area contributed by atoms with Crippen molar-refractivity contribution in [3.05, 3.63) is 274 Å². The average molecular weight is 1000 g/mol. The van der Waals surface area contributed by atoms with Crippen LogP contribution in [0.5, 0.6) is 0 Å². The van der Waals surface area contributed by atoms with Gasteiger partial charge in [-0.25, -0.2) is 8.78 Å². The molecule has 77 heavy (non-hydrogen) atoms. The summed E-state index contributed by atoms with van der Waals surface area (Å²) in [6.45, 7) is 13.9. The Bertz CT molecular complexity index is 3760. The van der Waals surface area contributed by atoms with Crippen LogP contribution in [0.4, 0.5) is 42.9 Å². The lowest BCUT2D eigenvalue weighted by atomic mass is 9.81. The largest absolute Gasteiger partial charge is 0.309 e. The van der Waals surface area contributed by atoms with Gasteiger partial charge in [-0.05, 0) is 186 Å². The van der Waals surface area contributed by atoms with E-state index in [1.165, 1.54) is 102 Å². The van der Waals surface area contributed by atoms with Crippen molar-refractivity contribution >= 4 is 58.4 Å². The Morgan fingerprint density at radius 2 is 0.584 bits per heavy atom. The Kier molecular flexibility index (Phi) is 11.2. The molecule has 0 N–H and O–H groups in total. The number of pyridine rings is 2. The van der Waals surface area contributed by atoms with Gasteiger partial charge >= 0.3 is 0 Å². The van der Waals surface area contributed by atoms with E-state index >= 15 is 0 Å². The Morgan fingerprint density at radius 3 is 0.870 bits per heavy atom. The topological polar surface area (TPSA) is 32.3 Å². The second kappa shape index (κ2) is 18.1. The van der Waals surface area contributed by atoms with E-state index in [0.29, 0.717) is 0 Å². The van der Waals surface area contributed by atoms with Crippen molar-refractivity contribution in [2.75, 3.05) is 9.80 Å². The highest BCUT2D eigenvalue weighted by atomic mass is 19.1. The van der Waals surface area contributed by atoms with Crippen LogP contribution in [0.2, 0.25) is 0 Å². The molecule has 6 heteroatoms. The number of nitrogens with zero attached hydrogens (tertiary/aromatic N) is 4. The molecule has 0 bridgehead atoms. The van der Waals surface area contributed by atoms with Crippen LogP contribution in [-0.4, -0.2) is 9.97 Å². The molecule has 10 aromatic rings. The molecule has 0 radical (unpaired) electrons. The summed E-state index contributed by atoms with van der Waals surface area (Å²) >= 11 is 0. The van der Waals surface area contributed by atoms with Gasteiger partial charge in [-0.1, -0.05) is 151 Å². The molecule has 0 unspecified atom stereocenters. The number of rotatable bonds is 10. The zero-order chi connectivity index (χ0) is 52.8. The standard InChI is InChI=1S/C71H56F2N4/c1-69(2)63-37-45(11-13-47-17-31-59-61-33-27-53(41-67(61)70(3,4)65(59)39-47)76(55-9-7-35-74-43-55)51-23-19-49(72)20-24-51)15-29-57(63)58-30-16-46(38-64(58)69)12-14-48-18-32-60-62-34-28-54(42-68(62)71(5,6)66(60)40-48)77(56-10-8-36-75-44-56)52-25-21-50(73)22-26-52/h7-44H,1-6H3/b13-11+,14-12+. The van der Waals surface area contributed by atoms with Crippen LogP contribution in [-0.2, 0) is 16.2 Å². The molecule has 0 spiro atoms. The number of fused-ring (bicyclic) bond motifs is 9. The van der Waals surface area contributed by atoms with Gasteiger partial charge in [0.1, 0.15) is 11.6 Å². The van der Waals surface area contributed by atoms with Crippen molar-refractivity contribution in [2.45, 2.75) is 57.8 Å². The van der Waals surface area contributed by atoms with E-state index in [1.54, 1.807) is 12.4 Å². The molecular formula is C71H56F2N4. The molecule has 3 aliphatic carbocycles. The first-order valence-electron chi connectivity index (χ1n) is 26.4. The lowest BCUT2D eigenvalue weighted by Crippen LogP contribution is -2.16. The molecule has 0 fully saturated rings. The summed E-state index contributed by atoms with van der Waals surface area (Å²) in [5, 5.41) is 0. The minimum atomic E-state index is -0.266. The number of hydrogen-bond donors (Lipinski definition) is 0. The van der Waals surface area contributed by atoms with Crippen LogP contribution in [0, 0.1) is 11.6 Å². The first kappa shape index (κ1) is 47.7. The highest BCUT2D eigenvalue weighted by molar-refractivity contribution is 5.90. The molecule has 374 valence electrons. The fourth-order valence-corrected chi connectivity index (χ4v) is 12.4. The summed E-state index contributed by atoms with van der Waals surface area (Å²) in [5.74, 6) is -0.532. The van der Waals surface area contributed by atoms with Crippen LogP contribution < -0.4 is 9.80 Å². The highest BCUT2D eigenvalue weighted by Crippen LogP contribution is 2.54. The Hall–Kier alpha value is -9.00. The van der Waals surface area contributed by atoms with Gasteiger partial charge in [0.2, 0.25) is 0 Å². The summed E-state index contributed by atoms with van der Waals surface area (Å²) in [7, 11) is 0. The van der Waals surface area contributed by atoms with Gasteiger partial charge in [0.15, 0.2) is 0 Å². The van der Waals surface area contributed by atoms with Crippen LogP contribution in [0.15, 0.2) is 207 Å². The zero-order valence-electron chi connectivity index (χ0n) is 44.0. The fraction of sp³-hybridized carbons (Fsp3) is 0.127. The van der Waals surface area contributed by atoms with Gasteiger partial charge in [-0.2, -0.15) is 0 Å². The summed E-state index contributed by atoms with van der Waals surface area (Å²) in [5.41, 5.74) is 24.9. The van der Waals surface area contributed by atoms with Crippen LogP contribution in [0.1, 0.15) is 97.2 Å². The number of benzene rings is 8. The van der Waals surface area contributed by atoms with E-state index in [0.717, 1.165) is 45.3 Å². The lowest BCUT2D eigenvalue weighted by Gasteiger charge is -2.27. The highest BCUT2D eigenvalue weighted by Gasteiger charge is 2.39. The van der Waals surface area contributed by atoms with Crippen molar-refractivity contribution in [3.8, 4) is 33.4 Å². The van der Waals surface area contributed by atoms with Crippen molar-refractivity contribution in [1.29, 1.82) is 0 Å². The molecule has 2 heterocycles. The van der Waals surface area contributed by atoms with Gasteiger partial charge in [0.05, 0.1) is 23.8 Å². The maximum absolute atomic E-state index is 14.1. The molecule has 4 nitrogen and oxygen atoms in total. The fourth-order valence-electron chi connectivity index (χ4n) is 12.4. The molecule has 0 saturated heterocycles. The van der Waals surface area contributed by atoms with Crippen molar-refractivity contribution in [1.82, 2.24) is 9.97 Å². The lowest BCUT2D eigenvalue weighted by molar-refractivity contribution is 0.627. The Balaban J connectivity index is 0.730. The van der Waals surface area contributed by atoms with Gasteiger partial charge in [0.25, 0.3) is 0 Å². The molecule has 0 aliphatic heterocycles. The molecule has 0 atom stereocenters. The molecule has 0 saturated carbocycles. The Morgan fingerprint density at radius 1 is 0.312 bits per heavy atom. The summed E-state index contributed by atoms with van der Waals surface area (Å²) < 4.78 is 28.2. The smallest absolute Gasteiger partial charge is 0.123 e. The quantitative estimate of drug-likeness (QED) is 0.128. The number of halogens is 2. The molecule has 8 aromatic carbocycles. The summed E-state index contributed by atoms with van der Waals surface area (Å²) in [4.78, 5) is 13.1. The number of hydrogen-bond acceptors (Lipinski definition) is 4. The molecule has 0 amide bonds. The minimum absolute atomic E-state index is 0.185. The van der Waals surface area contributed by atoms with E-state index in [1.807, 2.05) is 60.9 Å². The van der Waals surface area contributed by atoms with Gasteiger partial charge in [0, 0.05) is 51.4 Å². The maximum Gasteiger partial charge on any atom is 0.123 e. The molecule has 2 aromatic heterocycles. The third-order valence-corrected chi connectivity index (χ3v) is 16.5. The molecule has 3 aliphatic rings. The summed E-state index contributed by atoms with van der Waals surface area (Å²) in [6, 6.07) is 62.0. The first-order valence-corrected chi connectivity index (χ1v) is 26.4. The van der Waals surface area contributed by atoms with Gasteiger partial charge in [-0.3, -0.25) is 9.97 Å². The van der Waals surface area contributed by atoms with Crippen LogP contribution >= 0.6 is 0 Å². The predicted molar refractivity (Wildman–Crippen MR) is 315 cm³/mol. The van der Waals surface area contributed by atoms with Gasteiger partial charge < -0.3 is 9.80 Å².